The van der Waals surface area contributed by atoms with Gasteiger partial charge in [-0.05, 0) is 17.7 Å². The molecular formula is C13H18ClNO2. The van der Waals surface area contributed by atoms with Crippen molar-refractivity contribution in [1.29, 1.82) is 0 Å². The molecule has 1 unspecified atom stereocenters. The predicted octanol–water partition coefficient (Wildman–Crippen LogP) is 2.94. The Balaban J connectivity index is 2.85. The summed E-state index contributed by atoms with van der Waals surface area (Å²) in [6, 6.07) is 7.73. The average Bonchev–Trinajstić information content (AvgIpc) is 2.27. The molecule has 1 aromatic carbocycles. The van der Waals surface area contributed by atoms with Crippen LogP contribution in [0.3, 0.4) is 0 Å². The monoisotopic (exact) mass is 255 g/mol. The van der Waals surface area contributed by atoms with Crippen LogP contribution in [0.25, 0.3) is 0 Å². The van der Waals surface area contributed by atoms with Gasteiger partial charge < -0.3 is 10.1 Å². The highest BCUT2D eigenvalue weighted by Gasteiger charge is 2.17. The molecule has 0 aliphatic rings. The number of halogens is 1. The van der Waals surface area contributed by atoms with Crippen molar-refractivity contribution < 1.29 is 9.53 Å². The zero-order valence-corrected chi connectivity index (χ0v) is 11.1. The molecule has 0 saturated heterocycles. The molecule has 17 heavy (non-hydrogen) atoms. The zero-order valence-electron chi connectivity index (χ0n) is 10.4. The number of hydrogen-bond donors (Lipinski definition) is 1. The number of carbonyl (C=O) groups excluding carboxylic acids is 1. The van der Waals surface area contributed by atoms with E-state index >= 15 is 0 Å². The fourth-order valence-corrected chi connectivity index (χ4v) is 1.85. The maximum Gasteiger partial charge on any atom is 0.307 e. The van der Waals surface area contributed by atoms with Crippen LogP contribution < -0.4 is 5.32 Å². The van der Waals surface area contributed by atoms with Gasteiger partial charge in [0.2, 0.25) is 0 Å². The van der Waals surface area contributed by atoms with Gasteiger partial charge in [0.1, 0.15) is 0 Å². The van der Waals surface area contributed by atoms with E-state index in [9.17, 15) is 4.79 Å². The molecule has 0 aliphatic heterocycles. The van der Waals surface area contributed by atoms with Crippen molar-refractivity contribution in [2.24, 2.45) is 0 Å². The first kappa shape index (κ1) is 14.0. The van der Waals surface area contributed by atoms with Crippen molar-refractivity contribution >= 4 is 17.6 Å². The largest absolute Gasteiger partial charge is 0.469 e. The lowest BCUT2D eigenvalue weighted by atomic mass is 10.0. The normalized spacial score (nSPS) is 12.5. The highest BCUT2D eigenvalue weighted by molar-refractivity contribution is 6.30. The van der Waals surface area contributed by atoms with Crippen molar-refractivity contribution in [3.05, 3.63) is 34.9 Å². The third-order valence-electron chi connectivity index (χ3n) is 2.38. The van der Waals surface area contributed by atoms with Gasteiger partial charge in [0.15, 0.2) is 0 Å². The van der Waals surface area contributed by atoms with Gasteiger partial charge in [-0.15, -0.1) is 0 Å². The molecule has 94 valence electrons. The van der Waals surface area contributed by atoms with Crippen LogP contribution in [-0.4, -0.2) is 19.1 Å². The molecular weight excluding hydrogens is 238 g/mol. The van der Waals surface area contributed by atoms with Crippen LogP contribution in [0, 0.1) is 0 Å². The van der Waals surface area contributed by atoms with E-state index in [0.29, 0.717) is 11.4 Å². The van der Waals surface area contributed by atoms with Crippen molar-refractivity contribution in [2.45, 2.75) is 32.4 Å². The molecule has 0 aromatic heterocycles. The fourth-order valence-electron chi connectivity index (χ4n) is 1.65. The summed E-state index contributed by atoms with van der Waals surface area (Å²) in [4.78, 5) is 11.4. The van der Waals surface area contributed by atoms with Gasteiger partial charge in [-0.1, -0.05) is 37.6 Å². The second kappa shape index (κ2) is 6.62. The standard InChI is InChI=1S/C13H18ClNO2/c1-9(2)15-12(8-13(16)17-3)10-5-4-6-11(14)7-10/h4-7,9,12,15H,8H2,1-3H3. The van der Waals surface area contributed by atoms with Gasteiger partial charge in [0, 0.05) is 17.1 Å². The Morgan fingerprint density at radius 3 is 2.71 bits per heavy atom. The molecule has 4 heteroatoms. The first-order valence-electron chi connectivity index (χ1n) is 5.61. The number of methoxy groups -OCH3 is 1. The van der Waals surface area contributed by atoms with Gasteiger partial charge in [0.05, 0.1) is 13.5 Å². The average molecular weight is 256 g/mol. The second-order valence-corrected chi connectivity index (χ2v) is 4.65. The maximum atomic E-state index is 11.4. The molecule has 1 aromatic rings. The summed E-state index contributed by atoms with van der Waals surface area (Å²) in [5, 5.41) is 4.00. The lowest BCUT2D eigenvalue weighted by Gasteiger charge is -2.20. The Kier molecular flexibility index (Phi) is 5.45. The van der Waals surface area contributed by atoms with Crippen molar-refractivity contribution in [3.8, 4) is 0 Å². The van der Waals surface area contributed by atoms with Crippen molar-refractivity contribution in [3.63, 3.8) is 0 Å². The molecule has 3 nitrogen and oxygen atoms in total. The van der Waals surface area contributed by atoms with E-state index in [1.165, 1.54) is 7.11 Å². The summed E-state index contributed by atoms with van der Waals surface area (Å²) in [6.07, 6.45) is 0.301. The lowest BCUT2D eigenvalue weighted by molar-refractivity contribution is -0.141. The Hall–Kier alpha value is -1.06. The van der Waals surface area contributed by atoms with E-state index < -0.39 is 0 Å². The molecule has 0 fully saturated rings. The van der Waals surface area contributed by atoms with E-state index in [4.69, 9.17) is 16.3 Å². The number of ether oxygens (including phenoxy) is 1. The van der Waals surface area contributed by atoms with Crippen LogP contribution in [0.4, 0.5) is 0 Å². The molecule has 0 amide bonds. The number of nitrogens with one attached hydrogen (secondary N) is 1. The van der Waals surface area contributed by atoms with Crippen molar-refractivity contribution in [2.75, 3.05) is 7.11 Å². The first-order valence-corrected chi connectivity index (χ1v) is 5.99. The van der Waals surface area contributed by atoms with Gasteiger partial charge >= 0.3 is 5.97 Å². The quantitative estimate of drug-likeness (QED) is 0.822. The minimum Gasteiger partial charge on any atom is -0.469 e. The predicted molar refractivity (Wildman–Crippen MR) is 69.1 cm³/mol. The molecule has 1 atom stereocenters. The topological polar surface area (TPSA) is 38.3 Å². The number of carbonyl (C=O) groups is 1. The van der Waals surface area contributed by atoms with Gasteiger partial charge in [0.25, 0.3) is 0 Å². The highest BCUT2D eigenvalue weighted by Crippen LogP contribution is 2.21. The number of hydrogen-bond acceptors (Lipinski definition) is 3. The summed E-state index contributed by atoms with van der Waals surface area (Å²) in [7, 11) is 1.40. The van der Waals surface area contributed by atoms with E-state index in [2.05, 4.69) is 5.32 Å². The summed E-state index contributed by atoms with van der Waals surface area (Å²) >= 11 is 5.95. The molecule has 0 saturated carbocycles. The Morgan fingerprint density at radius 1 is 1.47 bits per heavy atom. The summed E-state index contributed by atoms with van der Waals surface area (Å²) in [5.41, 5.74) is 0.997. The van der Waals surface area contributed by atoms with Crippen molar-refractivity contribution in [1.82, 2.24) is 5.32 Å². The molecule has 0 spiro atoms. The lowest BCUT2D eigenvalue weighted by Crippen LogP contribution is -2.30. The van der Waals surface area contributed by atoms with E-state index in [1.807, 2.05) is 38.1 Å². The molecule has 0 bridgehead atoms. The molecule has 0 heterocycles. The molecule has 0 aliphatic carbocycles. The molecule has 1 N–H and O–H groups in total. The molecule has 1 rings (SSSR count). The summed E-state index contributed by atoms with van der Waals surface area (Å²) in [6.45, 7) is 4.07. The third kappa shape index (κ3) is 4.75. The van der Waals surface area contributed by atoms with Crippen LogP contribution in [0.2, 0.25) is 5.02 Å². The molecule has 0 radical (unpaired) electrons. The zero-order chi connectivity index (χ0) is 12.8. The summed E-state index contributed by atoms with van der Waals surface area (Å²) in [5.74, 6) is -0.233. The van der Waals surface area contributed by atoms with Crippen LogP contribution in [-0.2, 0) is 9.53 Å². The van der Waals surface area contributed by atoms with Gasteiger partial charge in [-0.2, -0.15) is 0 Å². The van der Waals surface area contributed by atoms with Crippen LogP contribution in [0.1, 0.15) is 31.9 Å². The number of benzene rings is 1. The summed E-state index contributed by atoms with van der Waals surface area (Å²) < 4.78 is 4.70. The Morgan fingerprint density at radius 2 is 2.18 bits per heavy atom. The Labute approximate surface area is 107 Å². The highest BCUT2D eigenvalue weighted by atomic mass is 35.5. The van der Waals surface area contributed by atoms with Gasteiger partial charge in [-0.25, -0.2) is 0 Å². The first-order chi connectivity index (χ1) is 8.02. The van der Waals surface area contributed by atoms with Crippen LogP contribution in [0.5, 0.6) is 0 Å². The van der Waals surface area contributed by atoms with Gasteiger partial charge in [-0.3, -0.25) is 4.79 Å². The van der Waals surface area contributed by atoms with E-state index in [0.717, 1.165) is 5.56 Å². The Bertz CT molecular complexity index is 379. The minimum atomic E-state index is -0.233. The number of esters is 1. The van der Waals surface area contributed by atoms with Crippen LogP contribution in [0.15, 0.2) is 24.3 Å². The van der Waals surface area contributed by atoms with E-state index in [1.54, 1.807) is 0 Å². The fraction of sp³-hybridized carbons (Fsp3) is 0.462. The van der Waals surface area contributed by atoms with E-state index in [-0.39, 0.29) is 18.1 Å². The maximum absolute atomic E-state index is 11.4. The second-order valence-electron chi connectivity index (χ2n) is 4.21. The third-order valence-corrected chi connectivity index (χ3v) is 2.62. The smallest absolute Gasteiger partial charge is 0.307 e. The van der Waals surface area contributed by atoms with Crippen LogP contribution >= 0.6 is 11.6 Å². The number of rotatable bonds is 5. The SMILES string of the molecule is COC(=O)CC(NC(C)C)c1cccc(Cl)c1. The minimum absolute atomic E-state index is 0.0684.